The number of pyridine rings is 1. The van der Waals surface area contributed by atoms with Gasteiger partial charge < -0.3 is 5.73 Å². The van der Waals surface area contributed by atoms with Crippen molar-refractivity contribution in [2.24, 2.45) is 5.73 Å². The fraction of sp³-hybridized carbons (Fsp3) is 0.312. The zero-order chi connectivity index (χ0) is 14.4. The van der Waals surface area contributed by atoms with Gasteiger partial charge in [0.25, 0.3) is 0 Å². The predicted octanol–water partition coefficient (Wildman–Crippen LogP) is 2.70. The molecule has 0 bridgehead atoms. The minimum Gasteiger partial charge on any atom is -0.326 e. The van der Waals surface area contributed by atoms with Crippen LogP contribution >= 0.6 is 0 Å². The Hall–Kier alpha value is -1.78. The van der Waals surface area contributed by atoms with Gasteiger partial charge in [-0.2, -0.15) is 0 Å². The highest BCUT2D eigenvalue weighted by Gasteiger charge is 2.11. The van der Waals surface area contributed by atoms with Gasteiger partial charge in [-0.15, -0.1) is 0 Å². The van der Waals surface area contributed by atoms with Gasteiger partial charge in [-0.1, -0.05) is 25.1 Å². The summed E-state index contributed by atoms with van der Waals surface area (Å²) in [6.07, 6.45) is 3.55. The number of hydrogen-bond donors (Lipinski definition) is 1. The molecular formula is C16H20FN3. The van der Waals surface area contributed by atoms with E-state index >= 15 is 0 Å². The molecule has 0 fully saturated rings. The van der Waals surface area contributed by atoms with Crippen LogP contribution in [0.25, 0.3) is 0 Å². The Bertz CT molecular complexity index is 543. The number of hydrogen-bond acceptors (Lipinski definition) is 3. The average molecular weight is 273 g/mol. The molecule has 0 unspecified atom stereocenters. The van der Waals surface area contributed by atoms with Crippen LogP contribution in [0.2, 0.25) is 0 Å². The molecule has 2 rings (SSSR count). The smallest absolute Gasteiger partial charge is 0.132 e. The molecule has 0 radical (unpaired) electrons. The van der Waals surface area contributed by atoms with Crippen molar-refractivity contribution in [2.75, 3.05) is 6.54 Å². The predicted molar refractivity (Wildman–Crippen MR) is 78.3 cm³/mol. The van der Waals surface area contributed by atoms with Crippen LogP contribution in [-0.4, -0.2) is 16.4 Å². The first kappa shape index (κ1) is 14.6. The van der Waals surface area contributed by atoms with E-state index in [1.54, 1.807) is 18.5 Å². The molecule has 4 heteroatoms. The van der Waals surface area contributed by atoms with Crippen LogP contribution < -0.4 is 5.73 Å². The second-order valence-electron chi connectivity index (χ2n) is 4.75. The van der Waals surface area contributed by atoms with Gasteiger partial charge in [0.15, 0.2) is 0 Å². The molecule has 2 aromatic rings. The van der Waals surface area contributed by atoms with E-state index in [9.17, 15) is 4.39 Å². The van der Waals surface area contributed by atoms with Gasteiger partial charge in [-0.25, -0.2) is 4.39 Å². The van der Waals surface area contributed by atoms with Gasteiger partial charge in [0.2, 0.25) is 0 Å². The second kappa shape index (κ2) is 7.12. The molecule has 20 heavy (non-hydrogen) atoms. The van der Waals surface area contributed by atoms with Crippen molar-refractivity contribution in [3.8, 4) is 0 Å². The van der Waals surface area contributed by atoms with Crippen LogP contribution in [0, 0.1) is 5.82 Å². The summed E-state index contributed by atoms with van der Waals surface area (Å²) in [6, 6.07) is 9.38. The Kier molecular flexibility index (Phi) is 5.21. The molecular weight excluding hydrogens is 253 g/mol. The van der Waals surface area contributed by atoms with E-state index in [2.05, 4.69) is 16.8 Å². The van der Waals surface area contributed by atoms with Gasteiger partial charge in [0.05, 0.1) is 0 Å². The second-order valence-corrected chi connectivity index (χ2v) is 4.75. The first-order chi connectivity index (χ1) is 9.74. The zero-order valence-electron chi connectivity index (χ0n) is 11.7. The Morgan fingerprint density at radius 3 is 2.45 bits per heavy atom. The highest BCUT2D eigenvalue weighted by Crippen LogP contribution is 2.16. The first-order valence-electron chi connectivity index (χ1n) is 6.82. The molecule has 0 aliphatic carbocycles. The summed E-state index contributed by atoms with van der Waals surface area (Å²) < 4.78 is 14.2. The Morgan fingerprint density at radius 1 is 1.10 bits per heavy atom. The lowest BCUT2D eigenvalue weighted by molar-refractivity contribution is 0.267. The van der Waals surface area contributed by atoms with E-state index in [4.69, 9.17) is 5.73 Å². The van der Waals surface area contributed by atoms with E-state index < -0.39 is 0 Å². The Labute approximate surface area is 119 Å². The molecule has 3 nitrogen and oxygen atoms in total. The van der Waals surface area contributed by atoms with Crippen molar-refractivity contribution >= 4 is 0 Å². The number of nitrogens with zero attached hydrogens (tertiary/aromatic N) is 2. The highest BCUT2D eigenvalue weighted by molar-refractivity contribution is 5.26. The molecule has 1 heterocycles. The van der Waals surface area contributed by atoms with Crippen LogP contribution in [-0.2, 0) is 19.6 Å². The van der Waals surface area contributed by atoms with Crippen LogP contribution in [0.4, 0.5) is 4.39 Å². The summed E-state index contributed by atoms with van der Waals surface area (Å²) >= 11 is 0. The molecule has 2 N–H and O–H groups in total. The molecule has 0 spiro atoms. The van der Waals surface area contributed by atoms with Gasteiger partial charge >= 0.3 is 0 Å². The lowest BCUT2D eigenvalue weighted by Crippen LogP contribution is -2.23. The monoisotopic (exact) mass is 273 g/mol. The van der Waals surface area contributed by atoms with Gasteiger partial charge in [-0.3, -0.25) is 9.88 Å². The normalized spacial score (nSPS) is 11.0. The maximum atomic E-state index is 14.2. The minimum absolute atomic E-state index is 0.178. The lowest BCUT2D eigenvalue weighted by atomic mass is 10.1. The van der Waals surface area contributed by atoms with E-state index in [0.717, 1.165) is 13.1 Å². The third-order valence-corrected chi connectivity index (χ3v) is 3.38. The number of halogens is 1. The van der Waals surface area contributed by atoms with Gasteiger partial charge in [-0.05, 0) is 24.2 Å². The molecule has 1 aromatic heterocycles. The fourth-order valence-corrected chi connectivity index (χ4v) is 2.18. The summed E-state index contributed by atoms with van der Waals surface area (Å²) in [6.45, 7) is 4.53. The van der Waals surface area contributed by atoms with Crippen molar-refractivity contribution in [2.45, 2.75) is 26.6 Å². The molecule has 0 aliphatic rings. The van der Waals surface area contributed by atoms with Crippen LogP contribution in [0.1, 0.15) is 23.6 Å². The third kappa shape index (κ3) is 3.62. The summed E-state index contributed by atoms with van der Waals surface area (Å²) in [4.78, 5) is 6.20. The number of benzene rings is 1. The van der Waals surface area contributed by atoms with Crippen LogP contribution in [0.5, 0.6) is 0 Å². The molecule has 0 saturated heterocycles. The number of rotatable bonds is 6. The maximum absolute atomic E-state index is 14.2. The first-order valence-corrected chi connectivity index (χ1v) is 6.82. The zero-order valence-corrected chi connectivity index (χ0v) is 11.7. The number of nitrogens with two attached hydrogens (primary N) is 1. The van der Waals surface area contributed by atoms with E-state index in [-0.39, 0.29) is 12.4 Å². The minimum atomic E-state index is -0.178. The van der Waals surface area contributed by atoms with E-state index in [0.29, 0.717) is 17.7 Å². The Balaban J connectivity index is 2.10. The van der Waals surface area contributed by atoms with Crippen molar-refractivity contribution in [3.05, 3.63) is 65.2 Å². The SMILES string of the molecule is CCN(Cc1ccncc1)Cc1cccc(CN)c1F. The van der Waals surface area contributed by atoms with Gasteiger partial charge in [0, 0.05) is 43.2 Å². The van der Waals surface area contributed by atoms with Crippen molar-refractivity contribution in [1.82, 2.24) is 9.88 Å². The molecule has 0 saturated carbocycles. The molecule has 0 amide bonds. The summed E-state index contributed by atoms with van der Waals surface area (Å²) in [5.41, 5.74) is 7.99. The maximum Gasteiger partial charge on any atom is 0.132 e. The van der Waals surface area contributed by atoms with Gasteiger partial charge in [0.1, 0.15) is 5.82 Å². The van der Waals surface area contributed by atoms with Crippen molar-refractivity contribution in [3.63, 3.8) is 0 Å². The third-order valence-electron chi connectivity index (χ3n) is 3.38. The summed E-state index contributed by atoms with van der Waals surface area (Å²) in [7, 11) is 0. The fourth-order valence-electron chi connectivity index (χ4n) is 2.18. The summed E-state index contributed by atoms with van der Waals surface area (Å²) in [5.74, 6) is -0.178. The Morgan fingerprint density at radius 2 is 1.80 bits per heavy atom. The van der Waals surface area contributed by atoms with E-state index in [1.165, 1.54) is 5.56 Å². The van der Waals surface area contributed by atoms with Crippen LogP contribution in [0.3, 0.4) is 0 Å². The molecule has 106 valence electrons. The molecule has 1 aromatic carbocycles. The number of aromatic nitrogens is 1. The molecule has 0 atom stereocenters. The largest absolute Gasteiger partial charge is 0.326 e. The topological polar surface area (TPSA) is 42.2 Å². The van der Waals surface area contributed by atoms with E-state index in [1.807, 2.05) is 24.3 Å². The summed E-state index contributed by atoms with van der Waals surface area (Å²) in [5, 5.41) is 0. The highest BCUT2D eigenvalue weighted by atomic mass is 19.1. The standard InChI is InChI=1S/C16H20FN3/c1-2-20(11-13-6-8-19-9-7-13)12-15-5-3-4-14(10-18)16(15)17/h3-9H,2,10-12,18H2,1H3. The average Bonchev–Trinajstić information content (AvgIpc) is 2.49. The van der Waals surface area contributed by atoms with Crippen LogP contribution in [0.15, 0.2) is 42.7 Å². The van der Waals surface area contributed by atoms with Crippen molar-refractivity contribution < 1.29 is 4.39 Å². The lowest BCUT2D eigenvalue weighted by Gasteiger charge is -2.21. The molecule has 0 aliphatic heterocycles. The van der Waals surface area contributed by atoms with Crippen molar-refractivity contribution in [1.29, 1.82) is 0 Å². The quantitative estimate of drug-likeness (QED) is 0.880.